The van der Waals surface area contributed by atoms with Crippen molar-refractivity contribution in [1.82, 2.24) is 0 Å². The van der Waals surface area contributed by atoms with Crippen molar-refractivity contribution < 1.29 is 23.4 Å². The molecule has 0 aliphatic heterocycles. The lowest BCUT2D eigenvalue weighted by Gasteiger charge is -2.11. The van der Waals surface area contributed by atoms with Gasteiger partial charge in [-0.25, -0.2) is 9.18 Å². The molecule has 0 radical (unpaired) electrons. The second kappa shape index (κ2) is 6.96. The monoisotopic (exact) mass is 256 g/mol. The highest BCUT2D eigenvalue weighted by molar-refractivity contribution is 5.92. The van der Waals surface area contributed by atoms with Crippen molar-refractivity contribution in [3.63, 3.8) is 0 Å². The van der Waals surface area contributed by atoms with Gasteiger partial charge in [0.15, 0.2) is 0 Å². The third-order valence-electron chi connectivity index (χ3n) is 2.56. The Bertz CT molecular complexity index is 406. The number of carbonyl (C=O) groups is 1. The third-order valence-corrected chi connectivity index (χ3v) is 2.56. The highest BCUT2D eigenvalue weighted by atomic mass is 19.1. The zero-order valence-corrected chi connectivity index (χ0v) is 10.7. The number of benzene rings is 1. The number of halogens is 1. The van der Waals surface area contributed by atoms with E-state index in [1.54, 1.807) is 7.11 Å². The molecule has 0 spiro atoms. The molecule has 0 fully saturated rings. The Morgan fingerprint density at radius 1 is 1.39 bits per heavy atom. The molecule has 0 aliphatic rings. The van der Waals surface area contributed by atoms with Gasteiger partial charge in [0.25, 0.3) is 0 Å². The highest BCUT2D eigenvalue weighted by Crippen LogP contribution is 2.22. The Hall–Kier alpha value is -1.62. The van der Waals surface area contributed by atoms with E-state index in [0.717, 1.165) is 0 Å². The molecule has 5 heteroatoms. The molecule has 18 heavy (non-hydrogen) atoms. The molecule has 0 heterocycles. The number of methoxy groups -OCH3 is 2. The molecule has 1 aromatic rings. The topological polar surface area (TPSA) is 44.8 Å². The fourth-order valence-electron chi connectivity index (χ4n) is 1.38. The van der Waals surface area contributed by atoms with Crippen LogP contribution in [-0.4, -0.2) is 32.9 Å². The van der Waals surface area contributed by atoms with Crippen LogP contribution >= 0.6 is 0 Å². The van der Waals surface area contributed by atoms with E-state index in [-0.39, 0.29) is 24.0 Å². The van der Waals surface area contributed by atoms with Gasteiger partial charge in [-0.1, -0.05) is 6.07 Å². The molecule has 1 unspecified atom stereocenters. The molecule has 0 aromatic heterocycles. The molecule has 100 valence electrons. The first-order chi connectivity index (χ1) is 8.60. The second-order valence-electron chi connectivity index (χ2n) is 3.79. The van der Waals surface area contributed by atoms with Crippen molar-refractivity contribution in [3.8, 4) is 5.75 Å². The van der Waals surface area contributed by atoms with Crippen molar-refractivity contribution in [1.29, 1.82) is 0 Å². The van der Waals surface area contributed by atoms with Crippen molar-refractivity contribution in [2.45, 2.75) is 19.4 Å². The van der Waals surface area contributed by atoms with Gasteiger partial charge in [0.1, 0.15) is 17.1 Å². The fraction of sp³-hybridized carbons (Fsp3) is 0.462. The molecule has 0 saturated heterocycles. The lowest BCUT2D eigenvalue weighted by molar-refractivity contribution is 0.0383. The van der Waals surface area contributed by atoms with Crippen LogP contribution in [0.15, 0.2) is 18.2 Å². The van der Waals surface area contributed by atoms with Crippen LogP contribution in [0.25, 0.3) is 0 Å². The lowest BCUT2D eigenvalue weighted by atomic mass is 10.2. The quantitative estimate of drug-likeness (QED) is 0.733. The molecule has 0 aliphatic carbocycles. The SMILES string of the molecule is COc1cccc(F)c1C(=O)OCCC(C)OC. The van der Waals surface area contributed by atoms with Crippen LogP contribution in [-0.2, 0) is 9.47 Å². The van der Waals surface area contributed by atoms with E-state index in [1.807, 2.05) is 6.92 Å². The number of rotatable bonds is 6. The van der Waals surface area contributed by atoms with Gasteiger partial charge in [-0.3, -0.25) is 0 Å². The normalized spacial score (nSPS) is 12.0. The van der Waals surface area contributed by atoms with Gasteiger partial charge in [0.05, 0.1) is 19.8 Å². The molecular weight excluding hydrogens is 239 g/mol. The average Bonchev–Trinajstić information content (AvgIpc) is 2.37. The molecule has 0 saturated carbocycles. The van der Waals surface area contributed by atoms with E-state index in [0.29, 0.717) is 6.42 Å². The van der Waals surface area contributed by atoms with E-state index >= 15 is 0 Å². The number of ether oxygens (including phenoxy) is 3. The van der Waals surface area contributed by atoms with Gasteiger partial charge in [0.2, 0.25) is 0 Å². The van der Waals surface area contributed by atoms with E-state index < -0.39 is 11.8 Å². The molecule has 1 rings (SSSR count). The van der Waals surface area contributed by atoms with Crippen LogP contribution in [0.5, 0.6) is 5.75 Å². The van der Waals surface area contributed by atoms with E-state index in [9.17, 15) is 9.18 Å². The molecule has 4 nitrogen and oxygen atoms in total. The van der Waals surface area contributed by atoms with Gasteiger partial charge >= 0.3 is 5.97 Å². The van der Waals surface area contributed by atoms with Gasteiger partial charge < -0.3 is 14.2 Å². The minimum Gasteiger partial charge on any atom is -0.496 e. The molecule has 1 aromatic carbocycles. The zero-order chi connectivity index (χ0) is 13.5. The summed E-state index contributed by atoms with van der Waals surface area (Å²) in [6, 6.07) is 4.17. The molecular formula is C13H17FO4. The summed E-state index contributed by atoms with van der Waals surface area (Å²) in [5.41, 5.74) is -0.176. The molecule has 0 amide bonds. The van der Waals surface area contributed by atoms with E-state index in [4.69, 9.17) is 14.2 Å². The second-order valence-corrected chi connectivity index (χ2v) is 3.79. The van der Waals surface area contributed by atoms with Crippen LogP contribution in [0, 0.1) is 5.82 Å². The minimum atomic E-state index is -0.728. The number of esters is 1. The van der Waals surface area contributed by atoms with Crippen molar-refractivity contribution in [2.75, 3.05) is 20.8 Å². The Balaban J connectivity index is 2.67. The fourth-order valence-corrected chi connectivity index (χ4v) is 1.38. The Morgan fingerprint density at radius 3 is 2.72 bits per heavy atom. The predicted octanol–water partition coefficient (Wildman–Crippen LogP) is 2.42. The maximum Gasteiger partial charge on any atom is 0.344 e. The zero-order valence-electron chi connectivity index (χ0n) is 10.7. The van der Waals surface area contributed by atoms with Crippen LogP contribution < -0.4 is 4.74 Å². The first-order valence-electron chi connectivity index (χ1n) is 5.62. The first kappa shape index (κ1) is 14.4. The van der Waals surface area contributed by atoms with Crippen molar-refractivity contribution in [3.05, 3.63) is 29.6 Å². The van der Waals surface area contributed by atoms with Crippen molar-refractivity contribution in [2.24, 2.45) is 0 Å². The maximum atomic E-state index is 13.5. The van der Waals surface area contributed by atoms with Crippen molar-refractivity contribution >= 4 is 5.97 Å². The lowest BCUT2D eigenvalue weighted by Crippen LogP contribution is -2.14. The minimum absolute atomic E-state index is 0.0136. The summed E-state index contributed by atoms with van der Waals surface area (Å²) in [6.07, 6.45) is 0.541. The number of hydrogen-bond acceptors (Lipinski definition) is 4. The first-order valence-corrected chi connectivity index (χ1v) is 5.62. The summed E-state index contributed by atoms with van der Waals surface area (Å²) in [5, 5.41) is 0. The Labute approximate surface area is 106 Å². The van der Waals surface area contributed by atoms with Crippen LogP contribution in [0.4, 0.5) is 4.39 Å². The summed E-state index contributed by atoms with van der Waals surface area (Å²) in [5.74, 6) is -1.22. The van der Waals surface area contributed by atoms with Crippen LogP contribution in [0.3, 0.4) is 0 Å². The summed E-state index contributed by atoms with van der Waals surface area (Å²) in [7, 11) is 2.95. The summed E-state index contributed by atoms with van der Waals surface area (Å²) in [4.78, 5) is 11.7. The van der Waals surface area contributed by atoms with Crippen LogP contribution in [0.2, 0.25) is 0 Å². The Morgan fingerprint density at radius 2 is 2.11 bits per heavy atom. The Kier molecular flexibility index (Phi) is 5.58. The molecule has 0 bridgehead atoms. The van der Waals surface area contributed by atoms with Gasteiger partial charge in [-0.15, -0.1) is 0 Å². The smallest absolute Gasteiger partial charge is 0.344 e. The largest absolute Gasteiger partial charge is 0.496 e. The number of carbonyl (C=O) groups excluding carboxylic acids is 1. The van der Waals surface area contributed by atoms with E-state index in [2.05, 4.69) is 0 Å². The van der Waals surface area contributed by atoms with Gasteiger partial charge in [0, 0.05) is 13.5 Å². The maximum absolute atomic E-state index is 13.5. The van der Waals surface area contributed by atoms with Gasteiger partial charge in [-0.05, 0) is 19.1 Å². The average molecular weight is 256 g/mol. The molecule has 1 atom stereocenters. The van der Waals surface area contributed by atoms with Crippen LogP contribution in [0.1, 0.15) is 23.7 Å². The highest BCUT2D eigenvalue weighted by Gasteiger charge is 2.19. The van der Waals surface area contributed by atoms with E-state index in [1.165, 1.54) is 25.3 Å². The third kappa shape index (κ3) is 3.70. The molecule has 0 N–H and O–H groups in total. The number of hydrogen-bond donors (Lipinski definition) is 0. The summed E-state index contributed by atoms with van der Waals surface area (Å²) >= 11 is 0. The summed E-state index contributed by atoms with van der Waals surface area (Å²) < 4.78 is 28.5. The summed E-state index contributed by atoms with van der Waals surface area (Å²) in [6.45, 7) is 2.03. The standard InChI is InChI=1S/C13H17FO4/c1-9(16-2)7-8-18-13(15)12-10(14)5-4-6-11(12)17-3/h4-6,9H,7-8H2,1-3H3. The predicted molar refractivity (Wildman–Crippen MR) is 64.3 cm³/mol. The van der Waals surface area contributed by atoms with Gasteiger partial charge in [-0.2, -0.15) is 0 Å².